The molecule has 0 bridgehead atoms. The number of benzene rings is 1. The lowest BCUT2D eigenvalue weighted by molar-refractivity contribution is 0.102. The number of nitrogens with two attached hydrogens (primary N) is 2. The minimum atomic E-state index is -1.22. The van der Waals surface area contributed by atoms with Gasteiger partial charge in [0.05, 0.1) is 18.3 Å². The van der Waals surface area contributed by atoms with Gasteiger partial charge in [-0.3, -0.25) is 9.48 Å². The van der Waals surface area contributed by atoms with Crippen LogP contribution in [0.5, 0.6) is 0 Å². The normalized spacial score (nSPS) is 19.1. The molecule has 0 saturated carbocycles. The number of hydrogen-bond donors (Lipinski definition) is 3. The maximum Gasteiger partial charge on any atom is 0.277 e. The van der Waals surface area contributed by atoms with Gasteiger partial charge in [-0.2, -0.15) is 5.10 Å². The van der Waals surface area contributed by atoms with E-state index in [0.717, 1.165) is 23.5 Å². The highest BCUT2D eigenvalue weighted by atomic mass is 32.1. The Bertz CT molecular complexity index is 1130. The van der Waals surface area contributed by atoms with Gasteiger partial charge in [0.15, 0.2) is 11.5 Å². The van der Waals surface area contributed by atoms with Gasteiger partial charge in [-0.1, -0.05) is 17.4 Å². The van der Waals surface area contributed by atoms with Gasteiger partial charge in [0, 0.05) is 19.6 Å². The van der Waals surface area contributed by atoms with Crippen LogP contribution >= 0.6 is 11.3 Å². The van der Waals surface area contributed by atoms with Gasteiger partial charge in [-0.15, -0.1) is 0 Å². The number of thiazole rings is 1. The van der Waals surface area contributed by atoms with Crippen LogP contribution in [0.3, 0.4) is 0 Å². The van der Waals surface area contributed by atoms with Crippen molar-refractivity contribution >= 4 is 33.8 Å². The van der Waals surface area contributed by atoms with E-state index in [9.17, 15) is 18.0 Å². The molecule has 0 unspecified atom stereocenters. The van der Waals surface area contributed by atoms with Crippen LogP contribution in [0.2, 0.25) is 0 Å². The van der Waals surface area contributed by atoms with Crippen molar-refractivity contribution in [1.29, 1.82) is 0 Å². The average molecular weight is 466 g/mol. The van der Waals surface area contributed by atoms with Gasteiger partial charge >= 0.3 is 0 Å². The largest absolute Gasteiger partial charge is 0.389 e. The minimum Gasteiger partial charge on any atom is -0.389 e. The minimum absolute atomic E-state index is 0.00941. The standard InChI is InChI=1S/C20H22F3N7OS/c1-29-20(30-7-3-6-13(24)12(23)9-30)14(8-26-29)27-18(31)16-17(25)32-19(28-16)15-10(21)4-2-5-11(15)22/h2,4-5,8,12-13H,3,6-7,9,24-25H2,1H3,(H,27,31)/t12-,13-/m1/s1. The fraction of sp³-hybridized carbons (Fsp3) is 0.350. The summed E-state index contributed by atoms with van der Waals surface area (Å²) in [7, 11) is 1.68. The maximum atomic E-state index is 14.4. The zero-order valence-electron chi connectivity index (χ0n) is 17.2. The summed E-state index contributed by atoms with van der Waals surface area (Å²) >= 11 is 0.807. The molecule has 1 aromatic carbocycles. The number of hydrogen-bond acceptors (Lipinski definition) is 7. The van der Waals surface area contributed by atoms with Crippen LogP contribution in [-0.2, 0) is 7.05 Å². The van der Waals surface area contributed by atoms with Gasteiger partial charge in [0.1, 0.15) is 33.5 Å². The number of nitrogen functional groups attached to an aromatic ring is 1. The molecule has 1 saturated heterocycles. The molecule has 0 spiro atoms. The van der Waals surface area contributed by atoms with Crippen molar-refractivity contribution in [1.82, 2.24) is 14.8 Å². The van der Waals surface area contributed by atoms with Crippen molar-refractivity contribution in [3.05, 3.63) is 41.7 Å². The molecular weight excluding hydrogens is 443 g/mol. The summed E-state index contributed by atoms with van der Waals surface area (Å²) in [4.78, 5) is 18.7. The molecule has 1 aliphatic heterocycles. The SMILES string of the molecule is Cn1ncc(NC(=O)c2nc(-c3c(F)cccc3F)sc2N)c1N1CCC[C@@H](N)[C@H](F)C1. The maximum absolute atomic E-state index is 14.4. The summed E-state index contributed by atoms with van der Waals surface area (Å²) in [5, 5.41) is 6.82. The van der Waals surface area contributed by atoms with E-state index >= 15 is 0 Å². The van der Waals surface area contributed by atoms with E-state index in [1.54, 1.807) is 11.9 Å². The quantitative estimate of drug-likeness (QED) is 0.546. The third kappa shape index (κ3) is 4.15. The molecule has 4 rings (SSSR count). The van der Waals surface area contributed by atoms with Crippen LogP contribution < -0.4 is 21.7 Å². The van der Waals surface area contributed by atoms with Crippen molar-refractivity contribution in [2.75, 3.05) is 29.0 Å². The van der Waals surface area contributed by atoms with E-state index in [-0.39, 0.29) is 27.8 Å². The summed E-state index contributed by atoms with van der Waals surface area (Å²) in [6.07, 6.45) is 1.47. The van der Waals surface area contributed by atoms with Gasteiger partial charge < -0.3 is 21.7 Å². The summed E-state index contributed by atoms with van der Waals surface area (Å²) < 4.78 is 44.1. The molecule has 32 heavy (non-hydrogen) atoms. The van der Waals surface area contributed by atoms with Gasteiger partial charge in [0.2, 0.25) is 0 Å². The first-order chi connectivity index (χ1) is 15.3. The number of amides is 1. The number of nitrogens with zero attached hydrogens (tertiary/aromatic N) is 4. The highest BCUT2D eigenvalue weighted by molar-refractivity contribution is 7.19. The third-order valence-corrected chi connectivity index (χ3v) is 6.23. The first kappa shape index (κ1) is 22.1. The summed E-state index contributed by atoms with van der Waals surface area (Å²) in [6, 6.07) is 2.89. The topological polar surface area (TPSA) is 115 Å². The van der Waals surface area contributed by atoms with Crippen molar-refractivity contribution in [3.8, 4) is 10.6 Å². The fourth-order valence-corrected chi connectivity index (χ4v) is 4.59. The fourth-order valence-electron chi connectivity index (χ4n) is 3.71. The number of rotatable bonds is 4. The third-order valence-electron chi connectivity index (χ3n) is 5.33. The van der Waals surface area contributed by atoms with Crippen LogP contribution in [0.15, 0.2) is 24.4 Å². The number of carbonyl (C=O) groups is 1. The number of anilines is 3. The van der Waals surface area contributed by atoms with E-state index < -0.39 is 29.8 Å². The second-order valence-electron chi connectivity index (χ2n) is 7.56. The van der Waals surface area contributed by atoms with Crippen molar-refractivity contribution in [3.63, 3.8) is 0 Å². The Morgan fingerprint density at radius 1 is 1.31 bits per heavy atom. The lowest BCUT2D eigenvalue weighted by atomic mass is 10.1. The Labute approximate surface area is 186 Å². The Hall–Kier alpha value is -3.12. The highest BCUT2D eigenvalue weighted by Gasteiger charge is 2.28. The summed E-state index contributed by atoms with van der Waals surface area (Å²) in [5.74, 6) is -1.76. The van der Waals surface area contributed by atoms with Crippen LogP contribution in [-0.4, -0.2) is 46.0 Å². The molecule has 2 aromatic heterocycles. The van der Waals surface area contributed by atoms with Crippen LogP contribution in [0.4, 0.5) is 29.7 Å². The van der Waals surface area contributed by atoms with E-state index in [2.05, 4.69) is 15.4 Å². The molecule has 0 aliphatic carbocycles. The molecule has 3 aromatic rings. The van der Waals surface area contributed by atoms with Crippen LogP contribution in [0.1, 0.15) is 23.3 Å². The second kappa shape index (κ2) is 8.79. The zero-order valence-corrected chi connectivity index (χ0v) is 18.0. The molecule has 1 amide bonds. The number of halogens is 3. The molecule has 5 N–H and O–H groups in total. The Kier molecular flexibility index (Phi) is 6.07. The van der Waals surface area contributed by atoms with E-state index in [1.807, 2.05) is 0 Å². The van der Waals surface area contributed by atoms with Gasteiger partial charge in [0.25, 0.3) is 5.91 Å². The van der Waals surface area contributed by atoms with Gasteiger partial charge in [-0.25, -0.2) is 18.2 Å². The Morgan fingerprint density at radius 3 is 2.75 bits per heavy atom. The predicted octanol–water partition coefficient (Wildman–Crippen LogP) is 2.92. The molecular formula is C20H22F3N7OS. The van der Waals surface area contributed by atoms with Crippen molar-refractivity contribution in [2.24, 2.45) is 12.8 Å². The number of nitrogens with one attached hydrogen (secondary N) is 1. The number of aromatic nitrogens is 3. The molecule has 170 valence electrons. The lowest BCUT2D eigenvalue weighted by Crippen LogP contribution is -2.38. The lowest BCUT2D eigenvalue weighted by Gasteiger charge is -2.25. The number of alkyl halides is 1. The van der Waals surface area contributed by atoms with Crippen LogP contribution in [0.25, 0.3) is 10.6 Å². The zero-order chi connectivity index (χ0) is 23.0. The first-order valence-corrected chi connectivity index (χ1v) is 10.8. The van der Waals surface area contributed by atoms with Crippen LogP contribution in [0, 0.1) is 11.6 Å². The molecule has 0 radical (unpaired) electrons. The van der Waals surface area contributed by atoms with Crippen molar-refractivity contribution in [2.45, 2.75) is 25.1 Å². The molecule has 12 heteroatoms. The molecule has 1 fully saturated rings. The predicted molar refractivity (Wildman–Crippen MR) is 117 cm³/mol. The smallest absolute Gasteiger partial charge is 0.277 e. The summed E-state index contributed by atoms with van der Waals surface area (Å²) in [5.41, 5.74) is 11.6. The van der Waals surface area contributed by atoms with Crippen molar-refractivity contribution < 1.29 is 18.0 Å². The summed E-state index contributed by atoms with van der Waals surface area (Å²) in [6.45, 7) is 0.616. The number of carbonyl (C=O) groups excluding carboxylic acids is 1. The Morgan fingerprint density at radius 2 is 2.03 bits per heavy atom. The van der Waals surface area contributed by atoms with E-state index in [4.69, 9.17) is 11.5 Å². The first-order valence-electron chi connectivity index (χ1n) is 9.95. The Balaban J connectivity index is 1.60. The molecule has 2 atom stereocenters. The second-order valence-corrected chi connectivity index (χ2v) is 8.59. The molecule has 8 nitrogen and oxygen atoms in total. The van der Waals surface area contributed by atoms with Gasteiger partial charge in [-0.05, 0) is 25.0 Å². The molecule has 1 aliphatic rings. The van der Waals surface area contributed by atoms with E-state index in [1.165, 1.54) is 16.9 Å². The van der Waals surface area contributed by atoms with E-state index in [0.29, 0.717) is 30.9 Å². The molecule has 3 heterocycles. The monoisotopic (exact) mass is 465 g/mol. The highest BCUT2D eigenvalue weighted by Crippen LogP contribution is 2.34. The average Bonchev–Trinajstić information content (AvgIpc) is 3.24. The number of aryl methyl sites for hydroxylation is 1.